The lowest BCUT2D eigenvalue weighted by Gasteiger charge is -2.50. The molecule has 0 bridgehead atoms. The Morgan fingerprint density at radius 2 is 2.06 bits per heavy atom. The largest absolute Gasteiger partial charge is 0.370 e. The first-order valence-corrected chi connectivity index (χ1v) is 7.40. The lowest BCUT2D eigenvalue weighted by molar-refractivity contribution is -0.130. The van der Waals surface area contributed by atoms with Crippen molar-refractivity contribution in [2.45, 2.75) is 57.1 Å². The van der Waals surface area contributed by atoms with E-state index in [4.69, 9.17) is 16.3 Å². The van der Waals surface area contributed by atoms with E-state index in [-0.39, 0.29) is 16.9 Å². The lowest BCUT2D eigenvalue weighted by Crippen LogP contribution is -2.52. The molecule has 0 spiro atoms. The third kappa shape index (κ3) is 1.98. The minimum Gasteiger partial charge on any atom is -0.370 e. The van der Waals surface area contributed by atoms with Gasteiger partial charge in [0, 0.05) is 10.8 Å². The van der Waals surface area contributed by atoms with E-state index in [0.29, 0.717) is 6.10 Å². The first-order valence-electron chi connectivity index (χ1n) is 6.96. The molecule has 2 aliphatic carbocycles. The molecule has 1 aromatic rings. The molecule has 2 aliphatic rings. The molecule has 0 heterocycles. The predicted octanol–water partition coefficient (Wildman–Crippen LogP) is 4.49. The SMILES string of the molecule is CC1(C)C(Cl)CC1OC1CCCc2ccccc21. The Kier molecular flexibility index (Phi) is 3.15. The molecule has 3 atom stereocenters. The average Bonchev–Trinajstić information content (AvgIpc) is 2.39. The molecule has 1 saturated carbocycles. The number of alkyl halides is 1. The van der Waals surface area contributed by atoms with Crippen molar-refractivity contribution >= 4 is 11.6 Å². The molecule has 98 valence electrons. The Hall–Kier alpha value is -0.530. The Morgan fingerprint density at radius 3 is 2.78 bits per heavy atom. The fourth-order valence-corrected chi connectivity index (χ4v) is 3.42. The first kappa shape index (κ1) is 12.5. The van der Waals surface area contributed by atoms with Crippen LogP contribution >= 0.6 is 11.6 Å². The highest BCUT2D eigenvalue weighted by molar-refractivity contribution is 6.21. The molecule has 2 heteroatoms. The molecule has 0 aliphatic heterocycles. The quantitative estimate of drug-likeness (QED) is 0.716. The Bertz CT molecular complexity index is 440. The standard InChI is InChI=1S/C16H21ClO/c1-16(2)14(17)10-15(16)18-13-9-5-7-11-6-3-4-8-12(11)13/h3-4,6,8,13-15H,5,7,9-10H2,1-2H3. The molecule has 0 radical (unpaired) electrons. The number of ether oxygens (including phenoxy) is 1. The zero-order valence-corrected chi connectivity index (χ0v) is 11.9. The van der Waals surface area contributed by atoms with Crippen LogP contribution < -0.4 is 0 Å². The van der Waals surface area contributed by atoms with Gasteiger partial charge in [0.05, 0.1) is 12.2 Å². The summed E-state index contributed by atoms with van der Waals surface area (Å²) in [6.07, 6.45) is 5.17. The third-order valence-corrected chi connectivity index (χ3v) is 5.44. The summed E-state index contributed by atoms with van der Waals surface area (Å²) < 4.78 is 6.35. The van der Waals surface area contributed by atoms with E-state index in [0.717, 1.165) is 12.8 Å². The molecular weight excluding hydrogens is 244 g/mol. The van der Waals surface area contributed by atoms with E-state index in [1.807, 2.05) is 0 Å². The van der Waals surface area contributed by atoms with Crippen LogP contribution in [0.25, 0.3) is 0 Å². The molecule has 3 rings (SSSR count). The molecule has 0 amide bonds. The Balaban J connectivity index is 1.76. The van der Waals surface area contributed by atoms with Gasteiger partial charge < -0.3 is 4.74 Å². The molecule has 1 nitrogen and oxygen atoms in total. The van der Waals surface area contributed by atoms with Crippen molar-refractivity contribution in [1.82, 2.24) is 0 Å². The lowest BCUT2D eigenvalue weighted by atomic mass is 9.68. The van der Waals surface area contributed by atoms with Crippen LogP contribution in [0.15, 0.2) is 24.3 Å². The van der Waals surface area contributed by atoms with Crippen LogP contribution in [0.4, 0.5) is 0 Å². The molecule has 0 aromatic heterocycles. The summed E-state index contributed by atoms with van der Waals surface area (Å²) in [4.78, 5) is 0. The fourth-order valence-electron chi connectivity index (χ4n) is 3.12. The normalized spacial score (nSPS) is 33.6. The van der Waals surface area contributed by atoms with E-state index in [1.165, 1.54) is 24.0 Å². The second kappa shape index (κ2) is 4.54. The van der Waals surface area contributed by atoms with Gasteiger partial charge in [0.15, 0.2) is 0 Å². The molecule has 0 saturated heterocycles. The van der Waals surface area contributed by atoms with Gasteiger partial charge in [-0.25, -0.2) is 0 Å². The fraction of sp³-hybridized carbons (Fsp3) is 0.625. The van der Waals surface area contributed by atoms with Crippen molar-refractivity contribution in [3.8, 4) is 0 Å². The number of aryl methyl sites for hydroxylation is 1. The number of hydrogen-bond acceptors (Lipinski definition) is 1. The number of hydrogen-bond donors (Lipinski definition) is 0. The summed E-state index contributed by atoms with van der Waals surface area (Å²) in [6.45, 7) is 4.43. The maximum Gasteiger partial charge on any atom is 0.0831 e. The van der Waals surface area contributed by atoms with E-state index in [9.17, 15) is 0 Å². The zero-order chi connectivity index (χ0) is 12.8. The molecular formula is C16H21ClO. The molecule has 1 fully saturated rings. The minimum atomic E-state index is 0.119. The molecule has 1 aromatic carbocycles. The molecule has 0 N–H and O–H groups in total. The van der Waals surface area contributed by atoms with Gasteiger partial charge in [0.1, 0.15) is 0 Å². The van der Waals surface area contributed by atoms with Crippen molar-refractivity contribution in [3.63, 3.8) is 0 Å². The summed E-state index contributed by atoms with van der Waals surface area (Å²) in [5.74, 6) is 0. The summed E-state index contributed by atoms with van der Waals surface area (Å²) in [5, 5.41) is 0.265. The van der Waals surface area contributed by atoms with E-state index >= 15 is 0 Å². The second-order valence-corrected chi connectivity index (χ2v) is 6.76. The van der Waals surface area contributed by atoms with E-state index in [1.54, 1.807) is 0 Å². The Morgan fingerprint density at radius 1 is 1.28 bits per heavy atom. The predicted molar refractivity (Wildman–Crippen MR) is 75.0 cm³/mol. The van der Waals surface area contributed by atoms with Crippen molar-refractivity contribution in [2.24, 2.45) is 5.41 Å². The summed E-state index contributed by atoms with van der Waals surface area (Å²) in [6, 6.07) is 8.71. The van der Waals surface area contributed by atoms with Crippen molar-refractivity contribution in [2.75, 3.05) is 0 Å². The Labute approximate surface area is 114 Å². The smallest absolute Gasteiger partial charge is 0.0831 e. The van der Waals surface area contributed by atoms with Crippen LogP contribution in [0.5, 0.6) is 0 Å². The summed E-state index contributed by atoms with van der Waals surface area (Å²) >= 11 is 6.27. The van der Waals surface area contributed by atoms with Gasteiger partial charge >= 0.3 is 0 Å². The number of fused-ring (bicyclic) bond motifs is 1. The number of rotatable bonds is 2. The van der Waals surface area contributed by atoms with Crippen LogP contribution in [-0.2, 0) is 11.2 Å². The van der Waals surface area contributed by atoms with Crippen LogP contribution in [0.3, 0.4) is 0 Å². The van der Waals surface area contributed by atoms with Gasteiger partial charge in [0.25, 0.3) is 0 Å². The van der Waals surface area contributed by atoms with Crippen molar-refractivity contribution in [3.05, 3.63) is 35.4 Å². The van der Waals surface area contributed by atoms with Crippen LogP contribution in [0.2, 0.25) is 0 Å². The monoisotopic (exact) mass is 264 g/mol. The topological polar surface area (TPSA) is 9.23 Å². The third-order valence-electron chi connectivity index (χ3n) is 4.70. The van der Waals surface area contributed by atoms with E-state index in [2.05, 4.69) is 38.1 Å². The van der Waals surface area contributed by atoms with Crippen molar-refractivity contribution in [1.29, 1.82) is 0 Å². The summed E-state index contributed by atoms with van der Waals surface area (Å²) in [7, 11) is 0. The van der Waals surface area contributed by atoms with Gasteiger partial charge in [-0.05, 0) is 36.8 Å². The molecule has 18 heavy (non-hydrogen) atoms. The number of halogens is 1. The zero-order valence-electron chi connectivity index (χ0n) is 11.2. The maximum absolute atomic E-state index is 6.35. The minimum absolute atomic E-state index is 0.119. The van der Waals surface area contributed by atoms with Crippen LogP contribution in [0, 0.1) is 5.41 Å². The maximum atomic E-state index is 6.35. The van der Waals surface area contributed by atoms with Gasteiger partial charge in [0.2, 0.25) is 0 Å². The highest BCUT2D eigenvalue weighted by Gasteiger charge is 2.49. The summed E-state index contributed by atoms with van der Waals surface area (Å²) in [5.41, 5.74) is 2.99. The van der Waals surface area contributed by atoms with Gasteiger partial charge in [-0.2, -0.15) is 0 Å². The average molecular weight is 265 g/mol. The molecule has 3 unspecified atom stereocenters. The number of benzene rings is 1. The van der Waals surface area contributed by atoms with Crippen LogP contribution in [-0.4, -0.2) is 11.5 Å². The van der Waals surface area contributed by atoms with Gasteiger partial charge in [-0.3, -0.25) is 0 Å². The second-order valence-electron chi connectivity index (χ2n) is 6.23. The highest BCUT2D eigenvalue weighted by Crippen LogP contribution is 2.49. The first-order chi connectivity index (χ1) is 8.59. The van der Waals surface area contributed by atoms with E-state index < -0.39 is 0 Å². The van der Waals surface area contributed by atoms with Gasteiger partial charge in [-0.15, -0.1) is 11.6 Å². The highest BCUT2D eigenvalue weighted by atomic mass is 35.5. The van der Waals surface area contributed by atoms with Crippen LogP contribution in [0.1, 0.15) is 50.3 Å². The van der Waals surface area contributed by atoms with Crippen molar-refractivity contribution < 1.29 is 4.74 Å². The van der Waals surface area contributed by atoms with Gasteiger partial charge in [-0.1, -0.05) is 38.1 Å².